The maximum absolute atomic E-state index is 12.5. The van der Waals surface area contributed by atoms with Gasteiger partial charge in [-0.05, 0) is 23.8 Å². The second kappa shape index (κ2) is 6.45. The molecular formula is C14H12BrNO5S. The number of hydrogen-bond donors (Lipinski definition) is 0. The van der Waals surface area contributed by atoms with Crippen molar-refractivity contribution in [2.75, 3.05) is 7.11 Å². The van der Waals surface area contributed by atoms with Crippen molar-refractivity contribution in [1.29, 1.82) is 0 Å². The van der Waals surface area contributed by atoms with Gasteiger partial charge in [-0.1, -0.05) is 28.1 Å². The zero-order chi connectivity index (χ0) is 16.3. The number of benzene rings is 2. The van der Waals surface area contributed by atoms with Gasteiger partial charge in [-0.2, -0.15) is 0 Å². The monoisotopic (exact) mass is 385 g/mol. The summed E-state index contributed by atoms with van der Waals surface area (Å²) in [6.45, 7) is 0. The molecule has 0 radical (unpaired) electrons. The quantitative estimate of drug-likeness (QED) is 0.581. The first kappa shape index (κ1) is 16.4. The Morgan fingerprint density at radius 1 is 1.18 bits per heavy atom. The average Bonchev–Trinajstić information content (AvgIpc) is 2.47. The van der Waals surface area contributed by atoms with Gasteiger partial charge in [0.25, 0.3) is 5.69 Å². The molecule has 0 spiro atoms. The highest BCUT2D eigenvalue weighted by Gasteiger charge is 2.21. The van der Waals surface area contributed by atoms with Gasteiger partial charge in [-0.25, -0.2) is 8.42 Å². The SMILES string of the molecule is COc1ccc(Br)cc1S(=O)(=O)Cc1ccc([N+](=O)[O-])cc1. The number of nitrogens with zero attached hydrogens (tertiary/aromatic N) is 1. The van der Waals surface area contributed by atoms with E-state index in [1.807, 2.05) is 0 Å². The van der Waals surface area contributed by atoms with E-state index in [0.29, 0.717) is 10.0 Å². The molecule has 0 aliphatic rings. The second-order valence-corrected chi connectivity index (χ2v) is 7.35. The standard InChI is InChI=1S/C14H12BrNO5S/c1-21-13-7-4-11(15)8-14(13)22(19,20)9-10-2-5-12(6-3-10)16(17)18/h2-8H,9H2,1H3. The second-order valence-electron chi connectivity index (χ2n) is 4.48. The Morgan fingerprint density at radius 2 is 1.82 bits per heavy atom. The highest BCUT2D eigenvalue weighted by molar-refractivity contribution is 9.10. The Kier molecular flexibility index (Phi) is 4.82. The molecule has 0 heterocycles. The van der Waals surface area contributed by atoms with Crippen molar-refractivity contribution in [3.63, 3.8) is 0 Å². The van der Waals surface area contributed by atoms with Gasteiger partial charge in [0.1, 0.15) is 10.6 Å². The third-order valence-electron chi connectivity index (χ3n) is 2.96. The van der Waals surface area contributed by atoms with Crippen LogP contribution in [-0.4, -0.2) is 20.5 Å². The lowest BCUT2D eigenvalue weighted by Gasteiger charge is -2.10. The first-order valence-corrected chi connectivity index (χ1v) is 8.57. The molecular weight excluding hydrogens is 374 g/mol. The van der Waals surface area contributed by atoms with Gasteiger partial charge in [0.15, 0.2) is 9.84 Å². The van der Waals surface area contributed by atoms with Crippen molar-refractivity contribution in [3.05, 3.63) is 62.6 Å². The Labute approximate surface area is 135 Å². The predicted octanol–water partition coefficient (Wildman–Crippen LogP) is 3.34. The molecule has 0 aliphatic carbocycles. The lowest BCUT2D eigenvalue weighted by molar-refractivity contribution is -0.384. The summed E-state index contributed by atoms with van der Waals surface area (Å²) in [5.74, 6) is -0.0113. The largest absolute Gasteiger partial charge is 0.495 e. The van der Waals surface area contributed by atoms with Gasteiger partial charge in [0, 0.05) is 16.6 Å². The van der Waals surface area contributed by atoms with E-state index in [2.05, 4.69) is 15.9 Å². The minimum atomic E-state index is -3.64. The summed E-state index contributed by atoms with van der Waals surface area (Å²) in [5, 5.41) is 10.6. The predicted molar refractivity (Wildman–Crippen MR) is 84.7 cm³/mol. The molecule has 0 fully saturated rings. The lowest BCUT2D eigenvalue weighted by Crippen LogP contribution is -2.07. The van der Waals surface area contributed by atoms with Crippen molar-refractivity contribution in [2.45, 2.75) is 10.6 Å². The maximum atomic E-state index is 12.5. The zero-order valence-electron chi connectivity index (χ0n) is 11.5. The lowest BCUT2D eigenvalue weighted by atomic mass is 10.2. The first-order chi connectivity index (χ1) is 10.3. The van der Waals surface area contributed by atoms with Crippen LogP contribution in [-0.2, 0) is 15.6 Å². The van der Waals surface area contributed by atoms with Crippen molar-refractivity contribution in [1.82, 2.24) is 0 Å². The number of non-ortho nitro benzene ring substituents is 1. The summed E-state index contributed by atoms with van der Waals surface area (Å²) < 4.78 is 30.7. The van der Waals surface area contributed by atoms with E-state index in [4.69, 9.17) is 4.74 Å². The molecule has 116 valence electrons. The molecule has 0 aromatic heterocycles. The number of rotatable bonds is 5. The smallest absolute Gasteiger partial charge is 0.269 e. The van der Waals surface area contributed by atoms with Crippen LogP contribution in [0.1, 0.15) is 5.56 Å². The molecule has 2 aromatic rings. The summed E-state index contributed by atoms with van der Waals surface area (Å²) >= 11 is 3.23. The van der Waals surface area contributed by atoms with E-state index >= 15 is 0 Å². The molecule has 2 rings (SSSR count). The van der Waals surface area contributed by atoms with Crippen molar-refractivity contribution >= 4 is 31.5 Å². The Hall–Kier alpha value is -1.93. The van der Waals surface area contributed by atoms with Gasteiger partial charge in [-0.3, -0.25) is 10.1 Å². The van der Waals surface area contributed by atoms with Crippen molar-refractivity contribution < 1.29 is 18.1 Å². The summed E-state index contributed by atoms with van der Waals surface area (Å²) in [6, 6.07) is 10.1. The van der Waals surface area contributed by atoms with Gasteiger partial charge >= 0.3 is 0 Å². The summed E-state index contributed by atoms with van der Waals surface area (Å²) in [4.78, 5) is 10.1. The number of nitro benzene ring substituents is 1. The third-order valence-corrected chi connectivity index (χ3v) is 5.16. The molecule has 0 amide bonds. The fourth-order valence-electron chi connectivity index (χ4n) is 1.90. The van der Waals surface area contributed by atoms with Crippen LogP contribution in [0.2, 0.25) is 0 Å². The third kappa shape index (κ3) is 3.63. The molecule has 0 unspecified atom stereocenters. The molecule has 8 heteroatoms. The van der Waals surface area contributed by atoms with Crippen molar-refractivity contribution in [2.24, 2.45) is 0 Å². The van der Waals surface area contributed by atoms with Crippen LogP contribution in [0.15, 0.2) is 51.8 Å². The Bertz CT molecular complexity index is 802. The molecule has 2 aromatic carbocycles. The maximum Gasteiger partial charge on any atom is 0.269 e. The van der Waals surface area contributed by atoms with Gasteiger partial charge < -0.3 is 4.74 Å². The Balaban J connectivity index is 2.35. The normalized spacial score (nSPS) is 11.2. The van der Waals surface area contributed by atoms with Gasteiger partial charge in [0.05, 0.1) is 17.8 Å². The van der Waals surface area contributed by atoms with E-state index in [0.717, 1.165) is 0 Å². The van der Waals surface area contributed by atoms with Crippen LogP contribution in [0.4, 0.5) is 5.69 Å². The molecule has 0 saturated heterocycles. The van der Waals surface area contributed by atoms with E-state index < -0.39 is 14.8 Å². The Morgan fingerprint density at radius 3 is 2.36 bits per heavy atom. The summed E-state index contributed by atoms with van der Waals surface area (Å²) in [5.41, 5.74) is 0.383. The molecule has 6 nitrogen and oxygen atoms in total. The van der Waals surface area contributed by atoms with Crippen LogP contribution in [0.25, 0.3) is 0 Å². The van der Waals surface area contributed by atoms with Crippen LogP contribution >= 0.6 is 15.9 Å². The van der Waals surface area contributed by atoms with Crippen LogP contribution in [0, 0.1) is 10.1 Å². The topological polar surface area (TPSA) is 86.5 Å². The minimum Gasteiger partial charge on any atom is -0.495 e. The van der Waals surface area contributed by atoms with E-state index in [-0.39, 0.29) is 22.1 Å². The number of hydrogen-bond acceptors (Lipinski definition) is 5. The van der Waals surface area contributed by atoms with E-state index in [9.17, 15) is 18.5 Å². The first-order valence-electron chi connectivity index (χ1n) is 6.13. The fourth-order valence-corrected chi connectivity index (χ4v) is 3.97. The number of methoxy groups -OCH3 is 1. The van der Waals surface area contributed by atoms with Gasteiger partial charge in [-0.15, -0.1) is 0 Å². The highest BCUT2D eigenvalue weighted by atomic mass is 79.9. The number of ether oxygens (including phenoxy) is 1. The van der Waals surface area contributed by atoms with Crippen LogP contribution < -0.4 is 4.74 Å². The number of sulfone groups is 1. The molecule has 0 N–H and O–H groups in total. The molecule has 0 saturated carbocycles. The fraction of sp³-hybridized carbons (Fsp3) is 0.143. The highest BCUT2D eigenvalue weighted by Crippen LogP contribution is 2.30. The minimum absolute atomic E-state index is 0.0720. The number of halogens is 1. The van der Waals surface area contributed by atoms with Crippen LogP contribution in [0.3, 0.4) is 0 Å². The molecule has 0 atom stereocenters. The van der Waals surface area contributed by atoms with E-state index in [1.165, 1.54) is 37.4 Å². The van der Waals surface area contributed by atoms with Crippen molar-refractivity contribution in [3.8, 4) is 5.75 Å². The van der Waals surface area contributed by atoms with E-state index in [1.54, 1.807) is 12.1 Å². The average molecular weight is 386 g/mol. The number of nitro groups is 1. The summed E-state index contributed by atoms with van der Waals surface area (Å²) in [7, 11) is -2.24. The zero-order valence-corrected chi connectivity index (χ0v) is 13.9. The van der Waals surface area contributed by atoms with Gasteiger partial charge in [0.2, 0.25) is 0 Å². The molecule has 0 bridgehead atoms. The van der Waals surface area contributed by atoms with Crippen LogP contribution in [0.5, 0.6) is 5.75 Å². The molecule has 22 heavy (non-hydrogen) atoms. The summed E-state index contributed by atoms with van der Waals surface area (Å²) in [6.07, 6.45) is 0. The molecule has 0 aliphatic heterocycles.